The summed E-state index contributed by atoms with van der Waals surface area (Å²) < 4.78 is 16.7. The molecule has 1 heterocycles. The maximum Gasteiger partial charge on any atom is 0.345 e. The predicted octanol–water partition coefficient (Wildman–Crippen LogP) is 5.03. The first-order valence-corrected chi connectivity index (χ1v) is 9.44. The quantitative estimate of drug-likeness (QED) is 0.520. The summed E-state index contributed by atoms with van der Waals surface area (Å²) in [6.45, 7) is 5.43. The van der Waals surface area contributed by atoms with E-state index in [-0.39, 0.29) is 29.8 Å². The number of hydrogen-bond donors (Lipinski definition) is 0. The average molecular weight is 401 g/mol. The summed E-state index contributed by atoms with van der Waals surface area (Å²) in [6.07, 6.45) is -0.342. The third-order valence-corrected chi connectivity index (χ3v) is 4.79. The topological polar surface area (TPSA) is 61.8 Å². The second-order valence-corrected chi connectivity index (χ2v) is 6.92. The van der Waals surface area contributed by atoms with E-state index >= 15 is 0 Å². The van der Waals surface area contributed by atoms with Crippen molar-refractivity contribution in [3.05, 3.63) is 64.7 Å². The summed E-state index contributed by atoms with van der Waals surface area (Å²) in [7, 11) is 0. The van der Waals surface area contributed by atoms with Gasteiger partial charge in [-0.2, -0.15) is 0 Å². The van der Waals surface area contributed by atoms with Gasteiger partial charge in [-0.3, -0.25) is 4.79 Å². The van der Waals surface area contributed by atoms with Crippen LogP contribution in [-0.2, 0) is 19.1 Å². The molecule has 2 atom stereocenters. The van der Waals surface area contributed by atoms with Crippen molar-refractivity contribution < 1.29 is 23.8 Å². The minimum absolute atomic E-state index is 0.0428. The molecular weight excluding hydrogens is 380 g/mol. The lowest BCUT2D eigenvalue weighted by atomic mass is 9.89. The smallest absolute Gasteiger partial charge is 0.345 e. The lowest BCUT2D eigenvalue weighted by molar-refractivity contribution is -0.141. The van der Waals surface area contributed by atoms with Gasteiger partial charge in [-0.25, -0.2) is 4.79 Å². The van der Waals surface area contributed by atoms with E-state index in [2.05, 4.69) is 0 Å². The highest BCUT2D eigenvalue weighted by Gasteiger charge is 2.38. The standard InChI is InChI=1S/C22H21ClO5/c1-4-26-22(25)19-20(24)13(2)14(3)27-21(19)15-5-9-17(10-6-15)28-18-11-7-16(23)8-12-18/h5-14H,4H2,1-3H3/t13-,14-/m0/s1. The van der Waals surface area contributed by atoms with E-state index in [0.717, 1.165) is 0 Å². The van der Waals surface area contributed by atoms with Crippen molar-refractivity contribution in [2.75, 3.05) is 6.61 Å². The first-order valence-electron chi connectivity index (χ1n) is 9.06. The largest absolute Gasteiger partial charge is 0.488 e. The van der Waals surface area contributed by atoms with Gasteiger partial charge in [0.25, 0.3) is 0 Å². The van der Waals surface area contributed by atoms with E-state index in [0.29, 0.717) is 22.1 Å². The Morgan fingerprint density at radius 3 is 2.18 bits per heavy atom. The zero-order chi connectivity index (χ0) is 20.3. The number of Topliss-reactive ketones (excluding diaryl/α,β-unsaturated/α-hetero) is 1. The number of hydrogen-bond acceptors (Lipinski definition) is 5. The van der Waals surface area contributed by atoms with Crippen molar-refractivity contribution in [3.8, 4) is 11.5 Å². The maximum absolute atomic E-state index is 12.7. The van der Waals surface area contributed by atoms with Gasteiger partial charge in [-0.05, 0) is 62.4 Å². The lowest BCUT2D eigenvalue weighted by Crippen LogP contribution is -2.35. The van der Waals surface area contributed by atoms with Crippen LogP contribution in [-0.4, -0.2) is 24.5 Å². The molecule has 0 unspecified atom stereocenters. The number of rotatable bonds is 5. The summed E-state index contributed by atoms with van der Waals surface area (Å²) in [5.41, 5.74) is 0.567. The average Bonchev–Trinajstić information content (AvgIpc) is 2.68. The SMILES string of the molecule is CCOC(=O)C1=C(c2ccc(Oc3ccc(Cl)cc3)cc2)O[C@@H](C)[C@H](C)C1=O. The number of carbonyl (C=O) groups is 2. The molecule has 6 heteroatoms. The zero-order valence-corrected chi connectivity index (χ0v) is 16.7. The molecule has 3 rings (SSSR count). The lowest BCUT2D eigenvalue weighted by Gasteiger charge is -2.29. The Kier molecular flexibility index (Phi) is 6.05. The number of halogens is 1. The molecule has 0 bridgehead atoms. The zero-order valence-electron chi connectivity index (χ0n) is 15.9. The molecule has 0 radical (unpaired) electrons. The van der Waals surface area contributed by atoms with Crippen LogP contribution in [0.25, 0.3) is 5.76 Å². The van der Waals surface area contributed by atoms with Crippen LogP contribution < -0.4 is 4.74 Å². The second kappa shape index (κ2) is 8.48. The highest BCUT2D eigenvalue weighted by molar-refractivity contribution is 6.30. The molecule has 0 spiro atoms. The summed E-state index contributed by atoms with van der Waals surface area (Å²) in [6, 6.07) is 14.0. The van der Waals surface area contributed by atoms with Crippen LogP contribution in [0, 0.1) is 5.92 Å². The molecule has 1 aliphatic rings. The normalized spacial score (nSPS) is 19.2. The van der Waals surface area contributed by atoms with Crippen LogP contribution in [0.3, 0.4) is 0 Å². The molecule has 0 saturated carbocycles. The van der Waals surface area contributed by atoms with Crippen LogP contribution in [0.1, 0.15) is 26.3 Å². The van der Waals surface area contributed by atoms with Crippen LogP contribution in [0.15, 0.2) is 54.1 Å². The van der Waals surface area contributed by atoms with E-state index < -0.39 is 11.9 Å². The first kappa shape index (κ1) is 20.0. The minimum atomic E-state index is -0.664. The predicted molar refractivity (Wildman–Crippen MR) is 106 cm³/mol. The van der Waals surface area contributed by atoms with Gasteiger partial charge >= 0.3 is 5.97 Å². The summed E-state index contributed by atoms with van der Waals surface area (Å²) in [5, 5.41) is 0.628. The van der Waals surface area contributed by atoms with E-state index in [9.17, 15) is 9.59 Å². The number of esters is 1. The Bertz CT molecular complexity index is 900. The third-order valence-electron chi connectivity index (χ3n) is 4.54. The Morgan fingerprint density at radius 2 is 1.61 bits per heavy atom. The van der Waals surface area contributed by atoms with Crippen molar-refractivity contribution in [2.24, 2.45) is 5.92 Å². The van der Waals surface area contributed by atoms with E-state index in [1.54, 1.807) is 62.4 Å². The van der Waals surface area contributed by atoms with Gasteiger partial charge in [0.05, 0.1) is 12.5 Å². The second-order valence-electron chi connectivity index (χ2n) is 6.48. The fourth-order valence-corrected chi connectivity index (χ4v) is 2.95. The van der Waals surface area contributed by atoms with Gasteiger partial charge < -0.3 is 14.2 Å². The van der Waals surface area contributed by atoms with Gasteiger partial charge in [-0.15, -0.1) is 0 Å². The molecule has 0 N–H and O–H groups in total. The Labute approximate surface area is 168 Å². The van der Waals surface area contributed by atoms with E-state index in [1.165, 1.54) is 0 Å². The monoisotopic (exact) mass is 400 g/mol. The highest BCUT2D eigenvalue weighted by Crippen LogP contribution is 2.34. The van der Waals surface area contributed by atoms with E-state index in [1.807, 2.05) is 6.92 Å². The van der Waals surface area contributed by atoms with Gasteiger partial charge in [-0.1, -0.05) is 18.5 Å². The molecule has 146 valence electrons. The molecule has 28 heavy (non-hydrogen) atoms. The number of benzene rings is 2. The van der Waals surface area contributed by atoms with E-state index in [4.69, 9.17) is 25.8 Å². The highest BCUT2D eigenvalue weighted by atomic mass is 35.5. The molecular formula is C22H21ClO5. The van der Waals surface area contributed by atoms with Crippen molar-refractivity contribution in [2.45, 2.75) is 26.9 Å². The number of ether oxygens (including phenoxy) is 3. The maximum atomic E-state index is 12.7. The van der Waals surface area contributed by atoms with Crippen LogP contribution in [0.5, 0.6) is 11.5 Å². The molecule has 5 nitrogen and oxygen atoms in total. The fraction of sp³-hybridized carbons (Fsp3) is 0.273. The molecule has 2 aromatic carbocycles. The summed E-state index contributed by atoms with van der Waals surface area (Å²) in [5.74, 6) is 0.141. The Balaban J connectivity index is 1.91. The molecule has 0 aromatic heterocycles. The van der Waals surface area contributed by atoms with Gasteiger partial charge in [0, 0.05) is 10.6 Å². The molecule has 0 fully saturated rings. The third kappa shape index (κ3) is 4.20. The summed E-state index contributed by atoms with van der Waals surface area (Å²) >= 11 is 5.88. The van der Waals surface area contributed by atoms with Gasteiger partial charge in [0.1, 0.15) is 28.9 Å². The fourth-order valence-electron chi connectivity index (χ4n) is 2.82. The number of carbonyl (C=O) groups excluding carboxylic acids is 2. The molecule has 2 aromatic rings. The van der Waals surface area contributed by atoms with Gasteiger partial charge in [0.15, 0.2) is 5.78 Å². The van der Waals surface area contributed by atoms with Crippen molar-refractivity contribution in [1.29, 1.82) is 0 Å². The van der Waals surface area contributed by atoms with Crippen LogP contribution >= 0.6 is 11.6 Å². The molecule has 0 aliphatic carbocycles. The Hall–Kier alpha value is -2.79. The van der Waals surface area contributed by atoms with Crippen molar-refractivity contribution in [3.63, 3.8) is 0 Å². The van der Waals surface area contributed by atoms with Gasteiger partial charge in [0.2, 0.25) is 0 Å². The molecule has 0 amide bonds. The van der Waals surface area contributed by atoms with Crippen molar-refractivity contribution in [1.82, 2.24) is 0 Å². The molecule has 0 saturated heterocycles. The van der Waals surface area contributed by atoms with Crippen LogP contribution in [0.4, 0.5) is 0 Å². The first-order chi connectivity index (χ1) is 13.4. The van der Waals surface area contributed by atoms with Crippen LogP contribution in [0.2, 0.25) is 5.02 Å². The Morgan fingerprint density at radius 1 is 1.04 bits per heavy atom. The summed E-state index contributed by atoms with van der Waals surface area (Å²) in [4.78, 5) is 25.1. The molecule has 1 aliphatic heterocycles. The van der Waals surface area contributed by atoms with Crippen molar-refractivity contribution >= 4 is 29.1 Å². The minimum Gasteiger partial charge on any atom is -0.488 e. The number of ketones is 1.